The van der Waals surface area contributed by atoms with Crippen LogP contribution in [0.15, 0.2) is 133 Å². The third-order valence-corrected chi connectivity index (χ3v) is 16.7. The maximum atomic E-state index is 2.66. The fourth-order valence-electron chi connectivity index (χ4n) is 11.4. The van der Waals surface area contributed by atoms with E-state index in [-0.39, 0.29) is 33.8 Å². The van der Waals surface area contributed by atoms with Gasteiger partial charge in [0.1, 0.15) is 0 Å². The summed E-state index contributed by atoms with van der Waals surface area (Å²) in [7, 11) is 0. The lowest BCUT2D eigenvalue weighted by Crippen LogP contribution is -2.61. The highest BCUT2D eigenvalue weighted by molar-refractivity contribution is 7.26. The number of benzene rings is 7. The van der Waals surface area contributed by atoms with Gasteiger partial charge in [0.2, 0.25) is 0 Å². The first-order valence-corrected chi connectivity index (χ1v) is 25.2. The van der Waals surface area contributed by atoms with Gasteiger partial charge in [0, 0.05) is 54.3 Å². The average molecular weight is 881 g/mol. The van der Waals surface area contributed by atoms with E-state index in [2.05, 4.69) is 233 Å². The molecular formula is C62H65BN2S. The van der Waals surface area contributed by atoms with E-state index >= 15 is 0 Å². The summed E-state index contributed by atoms with van der Waals surface area (Å²) >= 11 is 1.89. The van der Waals surface area contributed by atoms with Gasteiger partial charge in [-0.25, -0.2) is 0 Å². The molecule has 3 heterocycles. The Bertz CT molecular complexity index is 3270. The molecular weight excluding hydrogens is 816 g/mol. The smallest absolute Gasteiger partial charge is 0.252 e. The highest BCUT2D eigenvalue weighted by Gasteiger charge is 2.45. The number of thiophene rings is 1. The monoisotopic (exact) mass is 880 g/mol. The van der Waals surface area contributed by atoms with Crippen LogP contribution in [0.1, 0.15) is 131 Å². The summed E-state index contributed by atoms with van der Waals surface area (Å²) in [5.41, 5.74) is 21.3. The number of hydrogen-bond donors (Lipinski definition) is 0. The summed E-state index contributed by atoms with van der Waals surface area (Å²) < 4.78 is 2.67. The van der Waals surface area contributed by atoms with Crippen LogP contribution in [-0.2, 0) is 27.1 Å². The lowest BCUT2D eigenvalue weighted by atomic mass is 9.33. The maximum Gasteiger partial charge on any atom is 0.252 e. The third-order valence-electron chi connectivity index (χ3n) is 15.6. The topological polar surface area (TPSA) is 6.48 Å². The van der Waals surface area contributed by atoms with Crippen LogP contribution in [0.2, 0.25) is 0 Å². The van der Waals surface area contributed by atoms with Crippen molar-refractivity contribution in [2.75, 3.05) is 9.80 Å². The molecule has 0 atom stereocenters. The molecule has 4 heteroatoms. The van der Waals surface area contributed by atoms with Crippen LogP contribution in [0, 0.1) is 0 Å². The van der Waals surface area contributed by atoms with Crippen LogP contribution in [-0.4, -0.2) is 6.71 Å². The van der Waals surface area contributed by atoms with E-state index in [9.17, 15) is 0 Å². The van der Waals surface area contributed by atoms with Gasteiger partial charge in [0.15, 0.2) is 0 Å². The number of fused-ring (bicyclic) bond motifs is 8. The van der Waals surface area contributed by atoms with Gasteiger partial charge in [-0.2, -0.15) is 0 Å². The second kappa shape index (κ2) is 14.5. The van der Waals surface area contributed by atoms with E-state index in [1.54, 1.807) is 0 Å². The van der Waals surface area contributed by atoms with Gasteiger partial charge >= 0.3 is 0 Å². The zero-order valence-electron chi connectivity index (χ0n) is 41.5. The standard InChI is InChI=1S/C62H65BN2S/c1-58(2,3)39-23-29-48-50(33-39)64(42-25-21-38(22-26-42)44-18-16-20-55-56(44)45-17-14-15-19-54(45)66-55)52-35-41(60(7,8)9)36-53-57(52)63(48)49-30-24-40(59(4,5)6)34-51(49)65(53)43-27-28-46-47(37-43)62(12,13)32-31-61(46,10)11/h14-30,33-37H,31-32H2,1-13H3. The van der Waals surface area contributed by atoms with Crippen molar-refractivity contribution in [1.29, 1.82) is 0 Å². The SMILES string of the molecule is CC(C)(C)c1ccc2c(c1)N(c1ccc(-c3cccc4sc5ccccc5c34)cc1)c1cc(C(C)(C)C)cc3c1B2c1ccc(C(C)(C)C)cc1N3c1ccc2c(c1)C(C)(C)CCC2(C)C. The quantitative estimate of drug-likeness (QED) is 0.163. The predicted octanol–water partition coefficient (Wildman–Crippen LogP) is 16.0. The minimum atomic E-state index is -0.104. The molecule has 0 bridgehead atoms. The van der Waals surface area contributed by atoms with Gasteiger partial charge < -0.3 is 9.80 Å². The third kappa shape index (κ3) is 6.71. The molecule has 7 aromatic carbocycles. The summed E-state index contributed by atoms with van der Waals surface area (Å²) in [5.74, 6) is 0. The lowest BCUT2D eigenvalue weighted by Gasteiger charge is -2.46. The van der Waals surface area contributed by atoms with E-state index in [4.69, 9.17) is 0 Å². The second-order valence-corrected chi connectivity index (χ2v) is 25.2. The van der Waals surface area contributed by atoms with Gasteiger partial charge in [0.05, 0.1) is 0 Å². The Morgan fingerprint density at radius 2 is 0.985 bits per heavy atom. The highest BCUT2D eigenvalue weighted by Crippen LogP contribution is 2.51. The molecule has 0 radical (unpaired) electrons. The molecule has 0 amide bonds. The summed E-state index contributed by atoms with van der Waals surface area (Å²) in [6.45, 7) is 31.1. The lowest BCUT2D eigenvalue weighted by molar-refractivity contribution is 0.332. The Hall–Kier alpha value is -5.58. The van der Waals surface area contributed by atoms with E-state index in [1.165, 1.54) is 122 Å². The van der Waals surface area contributed by atoms with E-state index in [0.29, 0.717) is 0 Å². The van der Waals surface area contributed by atoms with Crippen molar-refractivity contribution in [3.05, 3.63) is 161 Å². The highest BCUT2D eigenvalue weighted by atomic mass is 32.1. The van der Waals surface area contributed by atoms with E-state index in [1.807, 2.05) is 11.3 Å². The molecule has 332 valence electrons. The van der Waals surface area contributed by atoms with Crippen molar-refractivity contribution in [3.8, 4) is 11.1 Å². The normalized spacial score (nSPS) is 16.3. The van der Waals surface area contributed by atoms with Crippen LogP contribution >= 0.6 is 11.3 Å². The molecule has 3 aliphatic rings. The van der Waals surface area contributed by atoms with Crippen LogP contribution in [0.4, 0.5) is 34.1 Å². The maximum absolute atomic E-state index is 2.66. The first-order valence-electron chi connectivity index (χ1n) is 24.3. The largest absolute Gasteiger partial charge is 0.311 e. The van der Waals surface area contributed by atoms with Gasteiger partial charge in [-0.3, -0.25) is 0 Å². The van der Waals surface area contributed by atoms with Gasteiger partial charge in [0.25, 0.3) is 6.71 Å². The molecule has 0 spiro atoms. The average Bonchev–Trinajstić information content (AvgIpc) is 3.65. The Labute approximate surface area is 398 Å². The molecule has 2 aliphatic heterocycles. The molecule has 1 aromatic heterocycles. The molecule has 0 saturated heterocycles. The predicted molar refractivity (Wildman–Crippen MR) is 290 cm³/mol. The minimum absolute atomic E-state index is 0.0155. The molecule has 11 rings (SSSR count). The summed E-state index contributed by atoms with van der Waals surface area (Å²) in [5, 5.41) is 2.68. The molecule has 8 aromatic rings. The number of rotatable bonds is 3. The van der Waals surface area contributed by atoms with E-state index < -0.39 is 0 Å². The Morgan fingerprint density at radius 1 is 0.470 bits per heavy atom. The molecule has 1 aliphatic carbocycles. The van der Waals surface area contributed by atoms with Crippen molar-refractivity contribution in [2.24, 2.45) is 0 Å². The fraction of sp³-hybridized carbons (Fsp3) is 0.323. The molecule has 0 saturated carbocycles. The number of hydrogen-bond acceptors (Lipinski definition) is 3. The zero-order chi connectivity index (χ0) is 46.5. The van der Waals surface area contributed by atoms with Crippen molar-refractivity contribution in [3.63, 3.8) is 0 Å². The Kier molecular flexibility index (Phi) is 9.43. The second-order valence-electron chi connectivity index (χ2n) is 24.2. The summed E-state index contributed by atoms with van der Waals surface area (Å²) in [6.07, 6.45) is 2.38. The fourth-order valence-corrected chi connectivity index (χ4v) is 12.6. The number of anilines is 6. The summed E-state index contributed by atoms with van der Waals surface area (Å²) in [4.78, 5) is 5.28. The van der Waals surface area contributed by atoms with Gasteiger partial charge in [-0.05, 0) is 156 Å². The zero-order valence-corrected chi connectivity index (χ0v) is 42.3. The van der Waals surface area contributed by atoms with Gasteiger partial charge in [-0.15, -0.1) is 11.3 Å². The molecule has 0 fully saturated rings. The van der Waals surface area contributed by atoms with Crippen LogP contribution in [0.5, 0.6) is 0 Å². The van der Waals surface area contributed by atoms with E-state index in [0.717, 1.165) is 0 Å². The van der Waals surface area contributed by atoms with Crippen LogP contribution < -0.4 is 26.2 Å². The minimum Gasteiger partial charge on any atom is -0.311 e. The first kappa shape index (κ1) is 43.0. The van der Waals surface area contributed by atoms with Gasteiger partial charge in [-0.1, -0.05) is 163 Å². The van der Waals surface area contributed by atoms with Crippen molar-refractivity contribution >= 4 is 88.7 Å². The Morgan fingerprint density at radius 3 is 1.58 bits per heavy atom. The van der Waals surface area contributed by atoms with Crippen molar-refractivity contribution in [2.45, 2.75) is 130 Å². The Balaban J connectivity index is 1.19. The molecule has 0 unspecified atom stereocenters. The number of nitrogens with zero attached hydrogens (tertiary/aromatic N) is 2. The van der Waals surface area contributed by atoms with Crippen molar-refractivity contribution in [1.82, 2.24) is 0 Å². The molecule has 66 heavy (non-hydrogen) atoms. The van der Waals surface area contributed by atoms with Crippen molar-refractivity contribution < 1.29 is 0 Å². The molecule has 2 nitrogen and oxygen atoms in total. The summed E-state index contributed by atoms with van der Waals surface area (Å²) in [6, 6.07) is 52.5. The first-order chi connectivity index (χ1) is 31.1. The van der Waals surface area contributed by atoms with Crippen LogP contribution in [0.3, 0.4) is 0 Å². The molecule has 0 N–H and O–H groups in total. The van der Waals surface area contributed by atoms with Crippen LogP contribution in [0.25, 0.3) is 31.3 Å².